The maximum Gasteiger partial charge on any atom is 0.176 e. The molecule has 0 radical (unpaired) electrons. The van der Waals surface area contributed by atoms with Gasteiger partial charge in [-0.2, -0.15) is 0 Å². The van der Waals surface area contributed by atoms with Gasteiger partial charge in [0.15, 0.2) is 5.78 Å². The molecular formula is C28H25F2NO. The van der Waals surface area contributed by atoms with Crippen LogP contribution >= 0.6 is 0 Å². The Kier molecular flexibility index (Phi) is 5.79. The summed E-state index contributed by atoms with van der Waals surface area (Å²) in [6.45, 7) is 9.56. The molecule has 1 aliphatic rings. The molecule has 1 aliphatic carbocycles. The number of Topliss-reactive ketones (excluding diaryl/α,β-unsaturated/α-hetero) is 1. The van der Waals surface area contributed by atoms with E-state index in [0.717, 1.165) is 27.7 Å². The molecule has 162 valence electrons. The van der Waals surface area contributed by atoms with Crippen molar-refractivity contribution in [2.45, 2.75) is 33.7 Å². The first kappa shape index (κ1) is 21.7. The largest absolute Gasteiger partial charge is 0.333 e. The number of ketones is 1. The average Bonchev–Trinajstić information content (AvgIpc) is 3.34. The molecule has 3 aromatic rings. The predicted octanol–water partition coefficient (Wildman–Crippen LogP) is 7.28. The molecule has 1 heterocycles. The van der Waals surface area contributed by atoms with E-state index >= 15 is 4.39 Å². The number of carbonyl (C=O) groups excluding carboxylic acids is 1. The summed E-state index contributed by atoms with van der Waals surface area (Å²) in [6.07, 6.45) is 10.0. The van der Waals surface area contributed by atoms with E-state index in [9.17, 15) is 9.18 Å². The molecule has 4 heteroatoms. The highest BCUT2D eigenvalue weighted by Gasteiger charge is 2.28. The van der Waals surface area contributed by atoms with Crippen LogP contribution in [0.4, 0.5) is 8.78 Å². The Balaban J connectivity index is 2.16. The Labute approximate surface area is 186 Å². The van der Waals surface area contributed by atoms with Crippen molar-refractivity contribution in [3.63, 3.8) is 0 Å². The lowest BCUT2D eigenvalue weighted by molar-refractivity contribution is 0.100. The summed E-state index contributed by atoms with van der Waals surface area (Å²) in [5.74, 6) is -0.872. The molecule has 1 aromatic heterocycles. The van der Waals surface area contributed by atoms with Crippen LogP contribution in [0.2, 0.25) is 0 Å². The number of carbonyl (C=O) groups is 1. The summed E-state index contributed by atoms with van der Waals surface area (Å²) in [5.41, 5.74) is 5.18. The zero-order valence-corrected chi connectivity index (χ0v) is 18.5. The minimum atomic E-state index is -0.363. The molecule has 2 nitrogen and oxygen atoms in total. The molecule has 0 unspecified atom stereocenters. The highest BCUT2D eigenvalue weighted by molar-refractivity contribution is 6.11. The fourth-order valence-corrected chi connectivity index (χ4v) is 4.48. The van der Waals surface area contributed by atoms with Crippen molar-refractivity contribution < 1.29 is 13.6 Å². The third-order valence-corrected chi connectivity index (χ3v) is 5.86. The van der Waals surface area contributed by atoms with Crippen LogP contribution < -0.4 is 0 Å². The van der Waals surface area contributed by atoms with Gasteiger partial charge in [0.05, 0.1) is 17.8 Å². The van der Waals surface area contributed by atoms with Crippen molar-refractivity contribution in [3.8, 4) is 0 Å². The second-order valence-electron chi connectivity index (χ2n) is 8.10. The lowest BCUT2D eigenvalue weighted by Gasteiger charge is -2.12. The van der Waals surface area contributed by atoms with E-state index in [4.69, 9.17) is 0 Å². The van der Waals surface area contributed by atoms with Crippen molar-refractivity contribution in [1.29, 1.82) is 0 Å². The van der Waals surface area contributed by atoms with Crippen molar-refractivity contribution in [3.05, 3.63) is 106 Å². The van der Waals surface area contributed by atoms with Gasteiger partial charge in [-0.1, -0.05) is 60.7 Å². The van der Waals surface area contributed by atoms with Gasteiger partial charge in [0.1, 0.15) is 11.6 Å². The molecule has 0 aliphatic heterocycles. The van der Waals surface area contributed by atoms with Crippen molar-refractivity contribution in [2.24, 2.45) is 0 Å². The number of aromatic nitrogens is 1. The number of benzene rings is 2. The zero-order chi connectivity index (χ0) is 23.0. The first-order valence-electron chi connectivity index (χ1n) is 10.6. The van der Waals surface area contributed by atoms with E-state index < -0.39 is 0 Å². The molecule has 0 spiro atoms. The second kappa shape index (κ2) is 8.54. The number of allylic oxidation sites excluding steroid dienone is 6. The Bertz CT molecular complexity index is 1350. The van der Waals surface area contributed by atoms with Gasteiger partial charge in [0.25, 0.3) is 0 Å². The van der Waals surface area contributed by atoms with Crippen LogP contribution in [0, 0.1) is 11.6 Å². The summed E-state index contributed by atoms with van der Waals surface area (Å²) >= 11 is 0. The minimum Gasteiger partial charge on any atom is -0.333 e. The van der Waals surface area contributed by atoms with Gasteiger partial charge in [-0.05, 0) is 43.5 Å². The molecule has 0 saturated heterocycles. The summed E-state index contributed by atoms with van der Waals surface area (Å²) < 4.78 is 31.4. The fourth-order valence-electron chi connectivity index (χ4n) is 4.48. The van der Waals surface area contributed by atoms with Crippen LogP contribution in [-0.2, 0) is 13.0 Å². The third-order valence-electron chi connectivity index (χ3n) is 5.86. The van der Waals surface area contributed by atoms with Gasteiger partial charge < -0.3 is 4.57 Å². The standard InChI is InChI=1S/C28H25F2NO/c1-5-6-11-20(17(2)3)27-26-22-13-9-12-21(22)24(30)15-25(26)31(28(27)18(4)32)16-19-10-7-8-14-23(19)29/h5-12,14-15H,2,13,16H2,1,3-4H3/b6-5-,20-11+. The molecule has 0 saturated carbocycles. The molecule has 0 atom stereocenters. The Hall–Kier alpha value is -3.53. The van der Waals surface area contributed by atoms with Crippen LogP contribution in [0.25, 0.3) is 22.6 Å². The Morgan fingerprint density at radius 1 is 1.19 bits per heavy atom. The molecule has 0 amide bonds. The van der Waals surface area contributed by atoms with E-state index in [1.165, 1.54) is 19.1 Å². The van der Waals surface area contributed by atoms with Gasteiger partial charge in [-0.25, -0.2) is 8.78 Å². The highest BCUT2D eigenvalue weighted by atomic mass is 19.1. The van der Waals surface area contributed by atoms with Gasteiger partial charge in [0, 0.05) is 29.0 Å². The molecular weight excluding hydrogens is 404 g/mol. The topological polar surface area (TPSA) is 22.0 Å². The van der Waals surface area contributed by atoms with Gasteiger partial charge in [-0.3, -0.25) is 4.79 Å². The van der Waals surface area contributed by atoms with Crippen molar-refractivity contribution >= 4 is 28.3 Å². The molecule has 32 heavy (non-hydrogen) atoms. The van der Waals surface area contributed by atoms with Gasteiger partial charge in [-0.15, -0.1) is 0 Å². The number of hydrogen-bond acceptors (Lipinski definition) is 1. The summed E-state index contributed by atoms with van der Waals surface area (Å²) in [4.78, 5) is 13.0. The molecule has 0 N–H and O–H groups in total. The summed E-state index contributed by atoms with van der Waals surface area (Å²) in [5, 5.41) is 0.826. The summed E-state index contributed by atoms with van der Waals surface area (Å²) in [7, 11) is 0. The van der Waals surface area contributed by atoms with Crippen molar-refractivity contribution in [2.75, 3.05) is 0 Å². The SMILES string of the molecule is C=C(C)/C(=C\C=C/C)c1c(C(C)=O)n(Cc2ccccc2F)c2cc(F)c3c(c12)CC=C3. The fraction of sp³-hybridized carbons (Fsp3) is 0.179. The normalized spacial score (nSPS) is 13.3. The van der Waals surface area contributed by atoms with E-state index in [2.05, 4.69) is 6.58 Å². The minimum absolute atomic E-state index is 0.122. The summed E-state index contributed by atoms with van der Waals surface area (Å²) in [6, 6.07) is 7.92. The average molecular weight is 430 g/mol. The van der Waals surface area contributed by atoms with Crippen LogP contribution in [0.15, 0.2) is 66.8 Å². The number of fused-ring (bicyclic) bond motifs is 3. The van der Waals surface area contributed by atoms with Crippen LogP contribution in [0.5, 0.6) is 0 Å². The maximum absolute atomic E-state index is 15.1. The second-order valence-corrected chi connectivity index (χ2v) is 8.10. The molecule has 0 bridgehead atoms. The van der Waals surface area contributed by atoms with E-state index in [-0.39, 0.29) is 24.0 Å². The lowest BCUT2D eigenvalue weighted by atomic mass is 9.91. The molecule has 2 aromatic carbocycles. The monoisotopic (exact) mass is 429 g/mol. The first-order chi connectivity index (χ1) is 15.3. The lowest BCUT2D eigenvalue weighted by Crippen LogP contribution is -2.11. The number of rotatable bonds is 6. The van der Waals surface area contributed by atoms with E-state index in [1.54, 1.807) is 28.8 Å². The van der Waals surface area contributed by atoms with Crippen LogP contribution in [-0.4, -0.2) is 10.4 Å². The third kappa shape index (κ3) is 3.56. The predicted molar refractivity (Wildman–Crippen MR) is 128 cm³/mol. The number of halogens is 2. The van der Waals surface area contributed by atoms with Gasteiger partial charge in [0.2, 0.25) is 0 Å². The molecule has 4 rings (SSSR count). The smallest absolute Gasteiger partial charge is 0.176 e. The zero-order valence-electron chi connectivity index (χ0n) is 18.5. The van der Waals surface area contributed by atoms with E-state index in [1.807, 2.05) is 38.2 Å². The van der Waals surface area contributed by atoms with Crippen LogP contribution in [0.1, 0.15) is 53.5 Å². The number of hydrogen-bond donors (Lipinski definition) is 0. The quantitative estimate of drug-likeness (QED) is 0.298. The van der Waals surface area contributed by atoms with Gasteiger partial charge >= 0.3 is 0 Å². The number of nitrogens with zero attached hydrogens (tertiary/aromatic N) is 1. The highest BCUT2D eigenvalue weighted by Crippen LogP contribution is 2.41. The van der Waals surface area contributed by atoms with Crippen molar-refractivity contribution in [1.82, 2.24) is 4.57 Å². The van der Waals surface area contributed by atoms with E-state index in [0.29, 0.717) is 28.8 Å². The maximum atomic E-state index is 15.1. The Morgan fingerprint density at radius 3 is 2.59 bits per heavy atom. The van der Waals surface area contributed by atoms with Crippen LogP contribution in [0.3, 0.4) is 0 Å². The first-order valence-corrected chi connectivity index (χ1v) is 10.6. The Morgan fingerprint density at radius 2 is 1.94 bits per heavy atom. The molecule has 0 fully saturated rings.